The first-order valence-electron chi connectivity index (χ1n) is 5.25. The van der Waals surface area contributed by atoms with Gasteiger partial charge >= 0.3 is 5.97 Å². The molecule has 0 saturated heterocycles. The lowest BCUT2D eigenvalue weighted by Gasteiger charge is -2.19. The highest BCUT2D eigenvalue weighted by molar-refractivity contribution is 5.73. The number of hydrogen-bond donors (Lipinski definition) is 3. The van der Waals surface area contributed by atoms with Crippen LogP contribution in [0.25, 0.3) is 0 Å². The first kappa shape index (κ1) is 12.7. The molecular formula is C12H18N2O2. The summed E-state index contributed by atoms with van der Waals surface area (Å²) in [4.78, 5) is 10.8. The van der Waals surface area contributed by atoms with Crippen molar-refractivity contribution in [2.75, 3.05) is 6.54 Å². The van der Waals surface area contributed by atoms with Crippen LogP contribution in [0.1, 0.15) is 19.4 Å². The average Bonchev–Trinajstić information content (AvgIpc) is 2.26. The first-order chi connectivity index (χ1) is 7.52. The molecule has 1 rings (SSSR count). The van der Waals surface area contributed by atoms with Gasteiger partial charge in [-0.2, -0.15) is 0 Å². The Morgan fingerprint density at radius 1 is 1.25 bits per heavy atom. The highest BCUT2D eigenvalue weighted by atomic mass is 16.4. The second-order valence-corrected chi connectivity index (χ2v) is 4.38. The van der Waals surface area contributed by atoms with Crippen LogP contribution in [0, 0.1) is 5.41 Å². The van der Waals surface area contributed by atoms with Crippen LogP contribution in [0.5, 0.6) is 0 Å². The number of aliphatic carboxylic acids is 1. The lowest BCUT2D eigenvalue weighted by atomic mass is 9.94. The van der Waals surface area contributed by atoms with Crippen molar-refractivity contribution in [1.82, 2.24) is 10.9 Å². The second kappa shape index (κ2) is 5.63. The summed E-state index contributed by atoms with van der Waals surface area (Å²) in [5.41, 5.74) is 6.32. The molecule has 3 N–H and O–H groups in total. The van der Waals surface area contributed by atoms with Gasteiger partial charge in [0.05, 0.1) is 5.41 Å². The smallest absolute Gasteiger partial charge is 0.310 e. The van der Waals surface area contributed by atoms with E-state index in [-0.39, 0.29) is 0 Å². The SMILES string of the molecule is CC(C)(CNNCc1ccccc1)C(=O)O. The summed E-state index contributed by atoms with van der Waals surface area (Å²) in [5.74, 6) is -0.804. The van der Waals surface area contributed by atoms with E-state index in [0.29, 0.717) is 13.1 Å². The van der Waals surface area contributed by atoms with Crippen LogP contribution < -0.4 is 10.9 Å². The molecule has 0 radical (unpaired) electrons. The molecule has 0 aromatic heterocycles. The van der Waals surface area contributed by atoms with Gasteiger partial charge in [-0.3, -0.25) is 15.6 Å². The summed E-state index contributed by atoms with van der Waals surface area (Å²) in [6.45, 7) is 4.44. The maximum absolute atomic E-state index is 10.8. The number of rotatable bonds is 6. The van der Waals surface area contributed by atoms with E-state index in [1.54, 1.807) is 13.8 Å². The molecule has 88 valence electrons. The number of nitrogens with one attached hydrogen (secondary N) is 2. The van der Waals surface area contributed by atoms with Crippen LogP contribution >= 0.6 is 0 Å². The molecule has 0 amide bonds. The Hall–Kier alpha value is -1.39. The van der Waals surface area contributed by atoms with E-state index >= 15 is 0 Å². The van der Waals surface area contributed by atoms with Gasteiger partial charge in [0.1, 0.15) is 0 Å². The van der Waals surface area contributed by atoms with Crippen molar-refractivity contribution in [1.29, 1.82) is 0 Å². The molecule has 0 aliphatic carbocycles. The molecule has 0 atom stereocenters. The fraction of sp³-hybridized carbons (Fsp3) is 0.417. The lowest BCUT2D eigenvalue weighted by Crippen LogP contribution is -2.42. The van der Waals surface area contributed by atoms with Gasteiger partial charge in [-0.05, 0) is 19.4 Å². The zero-order valence-corrected chi connectivity index (χ0v) is 9.66. The van der Waals surface area contributed by atoms with Gasteiger partial charge in [-0.1, -0.05) is 30.3 Å². The zero-order chi connectivity index (χ0) is 12.0. The third-order valence-electron chi connectivity index (χ3n) is 2.37. The van der Waals surface area contributed by atoms with E-state index in [1.165, 1.54) is 0 Å². The Labute approximate surface area is 95.6 Å². The van der Waals surface area contributed by atoms with E-state index < -0.39 is 11.4 Å². The molecule has 0 aliphatic rings. The first-order valence-corrected chi connectivity index (χ1v) is 5.25. The van der Waals surface area contributed by atoms with Crippen LogP contribution in [-0.4, -0.2) is 17.6 Å². The Morgan fingerprint density at radius 3 is 2.44 bits per heavy atom. The molecule has 1 aromatic carbocycles. The van der Waals surface area contributed by atoms with Crippen molar-refractivity contribution in [2.45, 2.75) is 20.4 Å². The number of carboxylic acids is 1. The Bertz CT molecular complexity index is 336. The molecule has 0 spiro atoms. The van der Waals surface area contributed by atoms with E-state index in [2.05, 4.69) is 10.9 Å². The molecule has 1 aromatic rings. The van der Waals surface area contributed by atoms with Gasteiger partial charge in [0.15, 0.2) is 0 Å². The monoisotopic (exact) mass is 222 g/mol. The minimum atomic E-state index is -0.804. The van der Waals surface area contributed by atoms with Gasteiger partial charge in [-0.25, -0.2) is 0 Å². The quantitative estimate of drug-likeness (QED) is 0.503. The van der Waals surface area contributed by atoms with Gasteiger partial charge in [-0.15, -0.1) is 0 Å². The maximum atomic E-state index is 10.8. The molecule has 0 fully saturated rings. The summed E-state index contributed by atoms with van der Waals surface area (Å²) in [6, 6.07) is 9.93. The maximum Gasteiger partial charge on any atom is 0.310 e. The van der Waals surface area contributed by atoms with Crippen LogP contribution in [0.3, 0.4) is 0 Å². The third-order valence-corrected chi connectivity index (χ3v) is 2.37. The number of carboxylic acid groups (broad SMARTS) is 1. The molecule has 0 heterocycles. The van der Waals surface area contributed by atoms with Crippen LogP contribution in [0.4, 0.5) is 0 Å². The molecule has 0 bridgehead atoms. The summed E-state index contributed by atoms with van der Waals surface area (Å²) in [7, 11) is 0. The molecule has 4 heteroatoms. The summed E-state index contributed by atoms with van der Waals surface area (Å²) < 4.78 is 0. The molecule has 16 heavy (non-hydrogen) atoms. The van der Waals surface area contributed by atoms with Gasteiger partial charge < -0.3 is 5.11 Å². The highest BCUT2D eigenvalue weighted by Crippen LogP contribution is 2.12. The second-order valence-electron chi connectivity index (χ2n) is 4.38. The highest BCUT2D eigenvalue weighted by Gasteiger charge is 2.26. The zero-order valence-electron chi connectivity index (χ0n) is 9.66. The third kappa shape index (κ3) is 4.00. The topological polar surface area (TPSA) is 61.4 Å². The van der Waals surface area contributed by atoms with Gasteiger partial charge in [0.25, 0.3) is 0 Å². The molecule has 0 unspecified atom stereocenters. The fourth-order valence-electron chi connectivity index (χ4n) is 1.12. The van der Waals surface area contributed by atoms with Crippen molar-refractivity contribution < 1.29 is 9.90 Å². The predicted octanol–water partition coefficient (Wildman–Crippen LogP) is 1.39. The largest absolute Gasteiger partial charge is 0.481 e. The van der Waals surface area contributed by atoms with E-state index in [9.17, 15) is 4.79 Å². The van der Waals surface area contributed by atoms with E-state index in [0.717, 1.165) is 5.56 Å². The van der Waals surface area contributed by atoms with Gasteiger partial charge in [0.2, 0.25) is 0 Å². The average molecular weight is 222 g/mol. The van der Waals surface area contributed by atoms with Crippen molar-refractivity contribution in [3.8, 4) is 0 Å². The molecule has 0 aliphatic heterocycles. The molecular weight excluding hydrogens is 204 g/mol. The van der Waals surface area contributed by atoms with Crippen molar-refractivity contribution in [3.63, 3.8) is 0 Å². The van der Waals surface area contributed by atoms with Gasteiger partial charge in [0, 0.05) is 13.1 Å². The number of hydrogen-bond acceptors (Lipinski definition) is 3. The standard InChI is InChI=1S/C12H18N2O2/c1-12(2,11(15)16)9-14-13-8-10-6-4-3-5-7-10/h3-7,13-14H,8-9H2,1-2H3,(H,15,16). The Balaban J connectivity index is 2.25. The van der Waals surface area contributed by atoms with Crippen molar-refractivity contribution >= 4 is 5.97 Å². The van der Waals surface area contributed by atoms with Crippen LogP contribution in [0.2, 0.25) is 0 Å². The van der Waals surface area contributed by atoms with Crippen LogP contribution in [-0.2, 0) is 11.3 Å². The Kier molecular flexibility index (Phi) is 4.46. The fourth-order valence-corrected chi connectivity index (χ4v) is 1.12. The number of benzene rings is 1. The Morgan fingerprint density at radius 2 is 1.88 bits per heavy atom. The van der Waals surface area contributed by atoms with E-state index in [1.807, 2.05) is 30.3 Å². The number of hydrazine groups is 1. The predicted molar refractivity (Wildman–Crippen MR) is 62.7 cm³/mol. The minimum absolute atomic E-state index is 0.384. The molecule has 0 saturated carbocycles. The summed E-state index contributed by atoms with van der Waals surface area (Å²) in [5, 5.41) is 8.89. The summed E-state index contributed by atoms with van der Waals surface area (Å²) >= 11 is 0. The summed E-state index contributed by atoms with van der Waals surface area (Å²) in [6.07, 6.45) is 0. The lowest BCUT2D eigenvalue weighted by molar-refractivity contribution is -0.146. The normalized spacial score (nSPS) is 11.4. The number of carbonyl (C=O) groups is 1. The van der Waals surface area contributed by atoms with E-state index in [4.69, 9.17) is 5.11 Å². The van der Waals surface area contributed by atoms with Crippen LogP contribution in [0.15, 0.2) is 30.3 Å². The molecule has 4 nitrogen and oxygen atoms in total. The van der Waals surface area contributed by atoms with Crippen molar-refractivity contribution in [3.05, 3.63) is 35.9 Å². The van der Waals surface area contributed by atoms with Crippen molar-refractivity contribution in [2.24, 2.45) is 5.41 Å². The minimum Gasteiger partial charge on any atom is -0.481 e.